The Bertz CT molecular complexity index is 537. The van der Waals surface area contributed by atoms with Crippen LogP contribution in [0.4, 0.5) is 0 Å². The molecule has 0 saturated carbocycles. The van der Waals surface area contributed by atoms with Crippen LogP contribution >= 0.6 is 23.2 Å². The van der Waals surface area contributed by atoms with Crippen LogP contribution in [0.15, 0.2) is 48.5 Å². The highest BCUT2D eigenvalue weighted by Crippen LogP contribution is 2.24. The van der Waals surface area contributed by atoms with Gasteiger partial charge in [0.15, 0.2) is 0 Å². The third-order valence-corrected chi connectivity index (χ3v) is 4.05. The molecule has 0 aliphatic heterocycles. The zero-order valence-electron chi connectivity index (χ0n) is 11.5. The second-order valence-electron chi connectivity index (χ2n) is 4.87. The van der Waals surface area contributed by atoms with Gasteiger partial charge >= 0.3 is 0 Å². The van der Waals surface area contributed by atoms with Gasteiger partial charge in [-0.25, -0.2) is 0 Å². The molecule has 1 atom stereocenters. The molecular weight excluding hydrogens is 291 g/mol. The summed E-state index contributed by atoms with van der Waals surface area (Å²) in [6.07, 6.45) is 1.86. The number of alkyl halides is 1. The number of hydrogen-bond donors (Lipinski definition) is 0. The minimum atomic E-state index is 0.383. The topological polar surface area (TPSA) is 9.23 Å². The lowest BCUT2D eigenvalue weighted by atomic mass is 9.93. The average molecular weight is 309 g/mol. The van der Waals surface area contributed by atoms with Gasteiger partial charge in [0.2, 0.25) is 0 Å². The van der Waals surface area contributed by atoms with Gasteiger partial charge in [-0.2, -0.15) is 0 Å². The summed E-state index contributed by atoms with van der Waals surface area (Å²) >= 11 is 12.0. The molecule has 3 heteroatoms. The van der Waals surface area contributed by atoms with E-state index in [-0.39, 0.29) is 0 Å². The second-order valence-corrected chi connectivity index (χ2v) is 5.61. The van der Waals surface area contributed by atoms with Crippen molar-refractivity contribution in [2.75, 3.05) is 13.0 Å². The van der Waals surface area contributed by atoms with Crippen molar-refractivity contribution in [3.8, 4) is 5.75 Å². The lowest BCUT2D eigenvalue weighted by Crippen LogP contribution is -2.11. The van der Waals surface area contributed by atoms with E-state index in [1.807, 2.05) is 30.3 Å². The van der Waals surface area contributed by atoms with Crippen LogP contribution in [-0.2, 0) is 12.8 Å². The van der Waals surface area contributed by atoms with E-state index < -0.39 is 0 Å². The van der Waals surface area contributed by atoms with Gasteiger partial charge in [-0.15, -0.1) is 11.6 Å². The molecule has 0 aromatic heterocycles. The van der Waals surface area contributed by atoms with Gasteiger partial charge in [-0.05, 0) is 48.1 Å². The normalized spacial score (nSPS) is 12.2. The number of para-hydroxylation sites is 1. The number of halogens is 2. The van der Waals surface area contributed by atoms with Crippen LogP contribution in [0.1, 0.15) is 11.1 Å². The zero-order valence-corrected chi connectivity index (χ0v) is 13.0. The van der Waals surface area contributed by atoms with Crippen molar-refractivity contribution in [2.24, 2.45) is 5.92 Å². The Morgan fingerprint density at radius 1 is 1.00 bits per heavy atom. The first-order valence-electron chi connectivity index (χ1n) is 6.65. The smallest absolute Gasteiger partial charge is 0.122 e. The summed E-state index contributed by atoms with van der Waals surface area (Å²) < 4.78 is 5.40. The molecule has 2 rings (SSSR count). The molecule has 1 unspecified atom stereocenters. The van der Waals surface area contributed by atoms with Crippen molar-refractivity contribution in [3.05, 3.63) is 64.7 Å². The molecule has 0 N–H and O–H groups in total. The quantitative estimate of drug-likeness (QED) is 0.683. The first-order chi connectivity index (χ1) is 9.72. The highest BCUT2D eigenvalue weighted by molar-refractivity contribution is 6.30. The first-order valence-corrected chi connectivity index (χ1v) is 7.56. The van der Waals surface area contributed by atoms with E-state index in [1.165, 1.54) is 11.1 Å². The Balaban J connectivity index is 2.07. The fourth-order valence-electron chi connectivity index (χ4n) is 2.32. The minimum Gasteiger partial charge on any atom is -0.496 e. The van der Waals surface area contributed by atoms with E-state index >= 15 is 0 Å². The van der Waals surface area contributed by atoms with Crippen molar-refractivity contribution >= 4 is 23.2 Å². The van der Waals surface area contributed by atoms with Gasteiger partial charge < -0.3 is 4.74 Å². The first kappa shape index (κ1) is 15.2. The third-order valence-electron chi connectivity index (χ3n) is 3.36. The third kappa shape index (κ3) is 4.16. The summed E-state index contributed by atoms with van der Waals surface area (Å²) in [6.45, 7) is 0. The van der Waals surface area contributed by atoms with Gasteiger partial charge in [-0.3, -0.25) is 0 Å². The maximum absolute atomic E-state index is 6.13. The Kier molecular flexibility index (Phi) is 5.75. The zero-order chi connectivity index (χ0) is 14.4. The Morgan fingerprint density at radius 3 is 2.35 bits per heavy atom. The van der Waals surface area contributed by atoms with E-state index in [0.29, 0.717) is 11.8 Å². The molecule has 1 nitrogen and oxygen atoms in total. The van der Waals surface area contributed by atoms with Gasteiger partial charge in [0.05, 0.1) is 7.11 Å². The van der Waals surface area contributed by atoms with E-state index in [2.05, 4.69) is 18.2 Å². The van der Waals surface area contributed by atoms with Crippen molar-refractivity contribution in [3.63, 3.8) is 0 Å². The maximum atomic E-state index is 6.13. The fraction of sp³-hybridized carbons (Fsp3) is 0.294. The Labute approximate surface area is 130 Å². The molecule has 106 valence electrons. The molecule has 0 bridgehead atoms. The molecule has 0 heterocycles. The number of ether oxygens (including phenoxy) is 1. The molecule has 0 saturated heterocycles. The van der Waals surface area contributed by atoms with Crippen LogP contribution in [0.5, 0.6) is 5.75 Å². The van der Waals surface area contributed by atoms with Gasteiger partial charge in [-0.1, -0.05) is 41.9 Å². The maximum Gasteiger partial charge on any atom is 0.122 e. The summed E-state index contributed by atoms with van der Waals surface area (Å²) in [5, 5.41) is 0.765. The molecule has 0 spiro atoms. The number of rotatable bonds is 6. The lowest BCUT2D eigenvalue weighted by Gasteiger charge is -2.16. The predicted octanol–water partition coefficient (Wildman–Crippen LogP) is 4.99. The molecule has 2 aromatic rings. The van der Waals surface area contributed by atoms with E-state index in [9.17, 15) is 0 Å². The van der Waals surface area contributed by atoms with Crippen molar-refractivity contribution in [1.82, 2.24) is 0 Å². The molecule has 0 radical (unpaired) electrons. The summed E-state index contributed by atoms with van der Waals surface area (Å²) in [5.74, 6) is 1.94. The highest BCUT2D eigenvalue weighted by Gasteiger charge is 2.12. The monoisotopic (exact) mass is 308 g/mol. The summed E-state index contributed by atoms with van der Waals surface area (Å²) in [6, 6.07) is 16.1. The van der Waals surface area contributed by atoms with E-state index in [0.717, 1.165) is 23.6 Å². The number of benzene rings is 2. The van der Waals surface area contributed by atoms with Gasteiger partial charge in [0, 0.05) is 10.9 Å². The minimum absolute atomic E-state index is 0.383. The van der Waals surface area contributed by atoms with Crippen molar-refractivity contribution in [2.45, 2.75) is 12.8 Å². The molecule has 0 aliphatic rings. The molecule has 0 aliphatic carbocycles. The Hall–Kier alpha value is -1.18. The van der Waals surface area contributed by atoms with Crippen molar-refractivity contribution in [1.29, 1.82) is 0 Å². The fourth-order valence-corrected chi connectivity index (χ4v) is 2.66. The van der Waals surface area contributed by atoms with Crippen LogP contribution in [0, 0.1) is 5.92 Å². The molecule has 2 aromatic carbocycles. The van der Waals surface area contributed by atoms with Crippen molar-refractivity contribution < 1.29 is 4.74 Å². The standard InChI is InChI=1S/C17H18Cl2O/c1-20-17-5-3-2-4-15(17)11-14(12-18)10-13-6-8-16(19)9-7-13/h2-9,14H,10-12H2,1H3. The molecule has 20 heavy (non-hydrogen) atoms. The van der Waals surface area contributed by atoms with Crippen LogP contribution in [-0.4, -0.2) is 13.0 Å². The summed E-state index contributed by atoms with van der Waals surface area (Å²) in [5.41, 5.74) is 2.46. The largest absolute Gasteiger partial charge is 0.496 e. The lowest BCUT2D eigenvalue weighted by molar-refractivity contribution is 0.405. The summed E-state index contributed by atoms with van der Waals surface area (Å²) in [4.78, 5) is 0. The molecule has 0 amide bonds. The van der Waals surface area contributed by atoms with Gasteiger partial charge in [0.1, 0.15) is 5.75 Å². The Morgan fingerprint density at radius 2 is 1.70 bits per heavy atom. The van der Waals surface area contributed by atoms with E-state index in [4.69, 9.17) is 27.9 Å². The number of hydrogen-bond acceptors (Lipinski definition) is 1. The molecular formula is C17H18Cl2O. The van der Waals surface area contributed by atoms with Gasteiger partial charge in [0.25, 0.3) is 0 Å². The highest BCUT2D eigenvalue weighted by atomic mass is 35.5. The average Bonchev–Trinajstić information content (AvgIpc) is 2.49. The SMILES string of the molecule is COc1ccccc1CC(CCl)Cc1ccc(Cl)cc1. The van der Waals surface area contributed by atoms with E-state index in [1.54, 1.807) is 7.11 Å². The number of methoxy groups -OCH3 is 1. The molecule has 0 fully saturated rings. The second kappa shape index (κ2) is 7.56. The summed E-state index contributed by atoms with van der Waals surface area (Å²) in [7, 11) is 1.70. The van der Waals surface area contributed by atoms with Crippen LogP contribution in [0.3, 0.4) is 0 Å². The van der Waals surface area contributed by atoms with Crippen LogP contribution < -0.4 is 4.74 Å². The predicted molar refractivity (Wildman–Crippen MR) is 86.1 cm³/mol. The van der Waals surface area contributed by atoms with Crippen LogP contribution in [0.2, 0.25) is 5.02 Å². The van der Waals surface area contributed by atoms with Crippen LogP contribution in [0.25, 0.3) is 0 Å².